The molecule has 0 bridgehead atoms. The molecule has 0 aromatic heterocycles. The SMILES string of the molecule is CC.CC(C)(C)OC(=O)NC1=CC(c2cccc(Cl)c2)=CNC1C=O.CNCCOCCN([C-]=O)CC(=O)N1CCN(C(=O)c2cc(C/C(=N/NC=O)c3ccccc3C)ccc2F)CC1.[CH3-].[Fm].[Y]. The number of rotatable bonds is 18. The van der Waals surface area contributed by atoms with Gasteiger partial charge in [0.05, 0.1) is 36.7 Å². The van der Waals surface area contributed by atoms with Gasteiger partial charge in [-0.1, -0.05) is 67.9 Å². The van der Waals surface area contributed by atoms with Crippen LogP contribution >= 0.6 is 11.6 Å². The van der Waals surface area contributed by atoms with E-state index in [2.05, 4.69) is 26.5 Å². The molecule has 3 aromatic carbocycles. The van der Waals surface area contributed by atoms with Crippen LogP contribution in [0.15, 0.2) is 89.8 Å². The van der Waals surface area contributed by atoms with Crippen LogP contribution in [0.4, 0.5) is 9.18 Å². The monoisotopic (exact) mass is 1290 g/mol. The first-order valence-electron chi connectivity index (χ1n) is 21.6. The fourth-order valence-corrected chi connectivity index (χ4v) is 6.68. The summed E-state index contributed by atoms with van der Waals surface area (Å²) in [5, 5.41) is 13.3. The van der Waals surface area contributed by atoms with Gasteiger partial charge in [-0.2, -0.15) is 11.5 Å². The third-order valence-corrected chi connectivity index (χ3v) is 9.96. The summed E-state index contributed by atoms with van der Waals surface area (Å²) in [5.74, 6) is -1.37. The average molecular weight is 1290 g/mol. The van der Waals surface area contributed by atoms with E-state index in [9.17, 15) is 33.2 Å². The summed E-state index contributed by atoms with van der Waals surface area (Å²) in [6.45, 7) is 13.8. The number of alkyl carbamates (subject to hydrolysis) is 1. The number of allylic oxidation sites excluding steroid dienone is 2. The van der Waals surface area contributed by atoms with Gasteiger partial charge < -0.3 is 51.8 Å². The first-order valence-corrected chi connectivity index (χ1v) is 21.9. The summed E-state index contributed by atoms with van der Waals surface area (Å²) in [4.78, 5) is 75.6. The van der Waals surface area contributed by atoms with E-state index in [1.807, 2.05) is 64.2 Å². The summed E-state index contributed by atoms with van der Waals surface area (Å²) in [7, 11) is 1.81. The van der Waals surface area contributed by atoms with E-state index < -0.39 is 29.5 Å². The van der Waals surface area contributed by atoms with Crippen LogP contribution in [0.2, 0.25) is 5.02 Å². The molecule has 0 spiro atoms. The molecule has 3 aromatic rings. The van der Waals surface area contributed by atoms with Gasteiger partial charge in [0.2, 0.25) is 12.3 Å². The quantitative estimate of drug-likeness (QED) is 0.0318. The molecule has 1 radical (unpaired) electrons. The number of piperazine rings is 1. The fraction of sp³-hybridized carbons (Fsp3) is 0.388. The van der Waals surface area contributed by atoms with E-state index in [1.54, 1.807) is 62.6 Å². The Hall–Kier alpha value is -6.33. The first-order chi connectivity index (χ1) is 31.7. The first kappa shape index (κ1) is 62.7. The Morgan fingerprint density at radius 3 is 2.28 bits per heavy atom. The van der Waals surface area contributed by atoms with Crippen molar-refractivity contribution in [2.45, 2.75) is 59.6 Å². The van der Waals surface area contributed by atoms with Gasteiger partial charge in [-0.05, 0) is 87.3 Å². The number of hydrogen-bond donors (Lipinski definition) is 4. The Balaban J connectivity index is 0.00000141. The molecule has 0 saturated carbocycles. The van der Waals surface area contributed by atoms with Gasteiger partial charge in [0.1, 0.15) is 23.7 Å². The molecule has 16 nitrogen and oxygen atoms in total. The van der Waals surface area contributed by atoms with Crippen LogP contribution in [0, 0.1) is 20.2 Å². The number of aryl methyl sites for hydroxylation is 1. The number of carbonyl (C=O) groups is 5. The minimum atomic E-state index is -0.647. The smallest absolute Gasteiger partial charge is 0.411 e. The van der Waals surface area contributed by atoms with E-state index in [1.165, 1.54) is 21.9 Å². The maximum Gasteiger partial charge on any atom is 0.411 e. The van der Waals surface area contributed by atoms with E-state index >= 15 is 0 Å². The van der Waals surface area contributed by atoms with Crippen molar-refractivity contribution in [2.24, 2.45) is 5.10 Å². The predicted octanol–water partition coefficient (Wildman–Crippen LogP) is 5.45. The molecule has 2 aliphatic heterocycles. The maximum absolute atomic E-state index is 14.8. The number of likely N-dealkylation sites (N-methyl/N-ethyl adjacent to an activating group) is 1. The molecule has 1 saturated heterocycles. The summed E-state index contributed by atoms with van der Waals surface area (Å²) in [6.07, 6.45) is 6.05. The van der Waals surface area contributed by atoms with E-state index in [-0.39, 0.29) is 97.3 Å². The van der Waals surface area contributed by atoms with Gasteiger partial charge in [0, 0.05) is 95.2 Å². The summed E-state index contributed by atoms with van der Waals surface area (Å²) in [5.41, 5.74) is 6.74. The number of halogens is 2. The summed E-state index contributed by atoms with van der Waals surface area (Å²) < 4.78 is 25.4. The van der Waals surface area contributed by atoms with Gasteiger partial charge in [0.25, 0.3) is 5.91 Å². The second-order valence-corrected chi connectivity index (χ2v) is 16.1. The number of hydrazone groups is 1. The zero-order chi connectivity index (χ0) is 48.6. The van der Waals surface area contributed by atoms with Crippen LogP contribution in [0.3, 0.4) is 0 Å². The number of benzene rings is 3. The van der Waals surface area contributed by atoms with Gasteiger partial charge in [-0.15, -0.1) is 0 Å². The number of amides is 5. The van der Waals surface area contributed by atoms with Crippen LogP contribution in [-0.2, 0) is 67.8 Å². The molecule has 69 heavy (non-hydrogen) atoms. The number of aldehydes is 1. The zero-order valence-electron chi connectivity index (χ0n) is 40.5. The van der Waals surface area contributed by atoms with Crippen molar-refractivity contribution in [3.8, 4) is 0 Å². The van der Waals surface area contributed by atoms with Crippen LogP contribution in [0.5, 0.6) is 0 Å². The number of carbonyl (C=O) groups excluding carboxylic acids is 6. The molecule has 5 rings (SSSR count). The predicted molar refractivity (Wildman–Crippen MR) is 259 cm³/mol. The molecule has 0 aliphatic carbocycles. The molecule has 379 valence electrons. The van der Waals surface area contributed by atoms with Gasteiger partial charge in [-0.3, -0.25) is 19.7 Å². The second kappa shape index (κ2) is 32.4. The summed E-state index contributed by atoms with van der Waals surface area (Å²) in [6, 6.07) is 18.6. The van der Waals surface area contributed by atoms with Crippen molar-refractivity contribution in [2.75, 3.05) is 66.1 Å². The summed E-state index contributed by atoms with van der Waals surface area (Å²) >= 11 is 6.00. The molecule has 4 N–H and O–H groups in total. The molecule has 5 amide bonds. The molecular formula is C49H64ClFFmN8O8Y-2. The topological polar surface area (TPSA) is 191 Å². The number of dihydropyridines is 1. The average Bonchev–Trinajstić information content (AvgIpc) is 3.30. The zero-order valence-corrected chi connectivity index (χ0v) is 46.5. The Kier molecular flexibility index (Phi) is 29.5. The van der Waals surface area contributed by atoms with E-state index in [4.69, 9.17) is 21.1 Å². The molecule has 20 heteroatoms. The van der Waals surface area contributed by atoms with Gasteiger partial charge in [0.15, 0.2) is 0 Å². The second-order valence-electron chi connectivity index (χ2n) is 15.6. The van der Waals surface area contributed by atoms with Crippen LogP contribution in [0.1, 0.15) is 67.2 Å². The fourth-order valence-electron chi connectivity index (χ4n) is 6.49. The molecule has 1 unspecified atom stereocenters. The molecule has 2 aliphatic rings. The molecule has 1 atom stereocenters. The number of hydrogen-bond acceptors (Lipinski definition) is 11. The van der Waals surface area contributed by atoms with Crippen LogP contribution in [0.25, 0.3) is 5.57 Å². The number of nitrogens with one attached hydrogen (secondary N) is 4. The molecular weight excluding hydrogens is 1230 g/mol. The third kappa shape index (κ3) is 20.8. The maximum atomic E-state index is 14.8. The Bertz CT molecular complexity index is 2220. The standard InChI is InChI=1S/C29H36FN6O5.C17H19ClN2O3.C2H6.CH3.Fm.Y/c1-22-5-3-4-6-24(22)27(33-32-20-37)18-23-7-8-26(30)25(17-23)29(40)36-12-10-35(11-13-36)28(39)19-34(21-38)14-16-41-15-9-31-2;1-17(2,3)23-16(22)20-14-8-12(9-19-15(14)10-21)11-5-4-6-13(18)7-11;1-2;;;/h3-8,17,20,31H,9-16,18-19H2,1-2H3,(H,32,37);4-10,15,19H,1-3H3,(H,20,22);1-2H3;1H3;;/q-1;;;-1;;/b33-27-;;;;;. The number of nitrogens with zero attached hydrogens (tertiary/aromatic N) is 4. The van der Waals surface area contributed by atoms with Crippen molar-refractivity contribution in [3.63, 3.8) is 0 Å². The minimum absolute atomic E-state index is 0. The van der Waals surface area contributed by atoms with Crippen LogP contribution < -0.4 is 21.4 Å². The minimum Gasteiger partial charge on any atom is -0.520 e. The van der Waals surface area contributed by atoms with Crippen molar-refractivity contribution in [3.05, 3.63) is 131 Å². The third-order valence-electron chi connectivity index (χ3n) is 9.72. The van der Waals surface area contributed by atoms with Crippen molar-refractivity contribution in [1.29, 1.82) is 0 Å². The Morgan fingerprint density at radius 2 is 1.67 bits per heavy atom. The van der Waals surface area contributed by atoms with Crippen molar-refractivity contribution in [1.82, 2.24) is 36.1 Å². The normalized spacial score (nSPS) is 14.0. The van der Waals surface area contributed by atoms with Crippen LogP contribution in [-0.4, -0.2) is 135 Å². The Morgan fingerprint density at radius 1 is 0.986 bits per heavy atom. The van der Waals surface area contributed by atoms with Crippen molar-refractivity contribution >= 4 is 59.9 Å². The van der Waals surface area contributed by atoms with Crippen molar-refractivity contribution < 1.29 is 75.3 Å². The van der Waals surface area contributed by atoms with E-state index in [0.29, 0.717) is 54.4 Å². The van der Waals surface area contributed by atoms with E-state index in [0.717, 1.165) is 22.3 Å². The molecule has 2 heterocycles. The number of ether oxygens (including phenoxy) is 2. The largest absolute Gasteiger partial charge is 0.520 e. The van der Waals surface area contributed by atoms with Gasteiger partial charge >= 0.3 is 6.09 Å². The van der Waals surface area contributed by atoms with Gasteiger partial charge in [-0.25, -0.2) is 14.6 Å². The molecule has 1 fully saturated rings. The Labute approximate surface area is 430 Å².